The molecule has 4 rings (SSSR count). The van der Waals surface area contributed by atoms with Crippen molar-refractivity contribution in [1.82, 2.24) is 9.88 Å². The number of nitrogens with zero attached hydrogens (tertiary/aromatic N) is 1. The Bertz CT molecular complexity index is 1070. The van der Waals surface area contributed by atoms with Crippen molar-refractivity contribution >= 4 is 45.0 Å². The van der Waals surface area contributed by atoms with Crippen molar-refractivity contribution in [3.63, 3.8) is 0 Å². The number of halogens is 1. The summed E-state index contributed by atoms with van der Waals surface area (Å²) in [5.74, 6) is -0.126. The minimum atomic E-state index is -0.977. The van der Waals surface area contributed by atoms with E-state index in [1.807, 2.05) is 6.07 Å². The smallest absolute Gasteiger partial charge is 0.305 e. The molecule has 1 amide bonds. The molecule has 1 aromatic carbocycles. The Morgan fingerprint density at radius 1 is 1.24 bits per heavy atom. The largest absolute Gasteiger partial charge is 0.493 e. The molecular formula is C20H19ClN2O5S. The first-order valence-electron chi connectivity index (χ1n) is 8.97. The number of hydrogen-bond donors (Lipinski definition) is 2. The van der Waals surface area contributed by atoms with Crippen LogP contribution in [0.2, 0.25) is 4.34 Å². The number of benzene rings is 1. The number of fused-ring (bicyclic) bond motifs is 2. The standard InChI is InChI=1S/C20H19ClN2O5S/c1-27-15-5-10-3-4-23(14(9-19(24)25)11(10)6-16(15)28-2)20(26)13-7-17-12(22-13)8-18(21)29-17/h5-8,14,22H,3-4,9H2,1-2H3,(H,24,25). The lowest BCUT2D eigenvalue weighted by atomic mass is 9.89. The molecule has 1 unspecified atom stereocenters. The molecule has 1 aliphatic heterocycles. The fraction of sp³-hybridized carbons (Fsp3) is 0.300. The molecular weight excluding hydrogens is 416 g/mol. The normalized spacial score (nSPS) is 16.0. The van der Waals surface area contributed by atoms with Gasteiger partial charge >= 0.3 is 5.97 Å². The summed E-state index contributed by atoms with van der Waals surface area (Å²) in [6, 6.07) is 6.56. The van der Waals surface area contributed by atoms with Crippen LogP contribution in [0, 0.1) is 0 Å². The average molecular weight is 435 g/mol. The molecule has 2 N–H and O–H groups in total. The Morgan fingerprint density at radius 2 is 1.97 bits per heavy atom. The number of aliphatic carboxylic acids is 1. The van der Waals surface area contributed by atoms with E-state index < -0.39 is 12.0 Å². The second kappa shape index (κ2) is 7.61. The number of aromatic nitrogens is 1. The first-order valence-corrected chi connectivity index (χ1v) is 10.2. The summed E-state index contributed by atoms with van der Waals surface area (Å²) in [4.78, 5) is 29.5. The van der Waals surface area contributed by atoms with Crippen molar-refractivity contribution in [1.29, 1.82) is 0 Å². The van der Waals surface area contributed by atoms with E-state index in [0.29, 0.717) is 34.5 Å². The third-order valence-electron chi connectivity index (χ3n) is 5.14. The fourth-order valence-corrected chi connectivity index (χ4v) is 4.96. The van der Waals surface area contributed by atoms with Gasteiger partial charge in [-0.25, -0.2) is 0 Å². The highest BCUT2D eigenvalue weighted by Gasteiger charge is 2.34. The molecule has 152 valence electrons. The van der Waals surface area contributed by atoms with Gasteiger partial charge in [0.15, 0.2) is 11.5 Å². The Morgan fingerprint density at radius 3 is 2.62 bits per heavy atom. The lowest BCUT2D eigenvalue weighted by Gasteiger charge is -2.37. The second-order valence-corrected chi connectivity index (χ2v) is 8.49. The van der Waals surface area contributed by atoms with E-state index in [2.05, 4.69) is 4.98 Å². The lowest BCUT2D eigenvalue weighted by molar-refractivity contribution is -0.138. The molecule has 29 heavy (non-hydrogen) atoms. The minimum Gasteiger partial charge on any atom is -0.493 e. The molecule has 0 aliphatic carbocycles. The minimum absolute atomic E-state index is 0.199. The maximum absolute atomic E-state index is 13.2. The maximum atomic E-state index is 13.2. The molecule has 0 saturated carbocycles. The second-order valence-electron chi connectivity index (χ2n) is 6.78. The van der Waals surface area contributed by atoms with Gasteiger partial charge in [0.2, 0.25) is 0 Å². The van der Waals surface area contributed by atoms with Gasteiger partial charge in [-0.15, -0.1) is 11.3 Å². The van der Waals surface area contributed by atoms with Gasteiger partial charge in [0.05, 0.1) is 41.2 Å². The number of aromatic amines is 1. The van der Waals surface area contributed by atoms with Crippen molar-refractivity contribution in [2.75, 3.05) is 20.8 Å². The summed E-state index contributed by atoms with van der Waals surface area (Å²) in [6.45, 7) is 0.409. The number of carboxylic acid groups (broad SMARTS) is 1. The molecule has 3 heterocycles. The molecule has 0 fully saturated rings. The molecule has 0 radical (unpaired) electrons. The third-order valence-corrected chi connectivity index (χ3v) is 6.35. The zero-order valence-corrected chi connectivity index (χ0v) is 17.4. The van der Waals surface area contributed by atoms with E-state index in [1.165, 1.54) is 18.4 Å². The van der Waals surface area contributed by atoms with Crippen LogP contribution in [0.15, 0.2) is 24.3 Å². The fourth-order valence-electron chi connectivity index (χ4n) is 3.82. The van der Waals surface area contributed by atoms with Gasteiger partial charge in [-0.3, -0.25) is 9.59 Å². The van der Waals surface area contributed by atoms with Crippen molar-refractivity contribution in [3.8, 4) is 11.5 Å². The lowest BCUT2D eigenvalue weighted by Crippen LogP contribution is -2.41. The molecule has 7 nitrogen and oxygen atoms in total. The van der Waals surface area contributed by atoms with E-state index in [4.69, 9.17) is 21.1 Å². The summed E-state index contributed by atoms with van der Waals surface area (Å²) < 4.78 is 12.3. The number of ether oxygens (including phenoxy) is 2. The van der Waals surface area contributed by atoms with Gasteiger partial charge in [-0.05, 0) is 41.8 Å². The van der Waals surface area contributed by atoms with Crippen LogP contribution in [0.1, 0.15) is 34.1 Å². The van der Waals surface area contributed by atoms with Crippen molar-refractivity contribution in [2.45, 2.75) is 18.9 Å². The van der Waals surface area contributed by atoms with Crippen LogP contribution in [0.5, 0.6) is 11.5 Å². The Labute approximate surface area is 175 Å². The number of H-pyrrole nitrogens is 1. The van der Waals surface area contributed by atoms with Crippen LogP contribution in [0.25, 0.3) is 10.2 Å². The topological polar surface area (TPSA) is 91.9 Å². The third kappa shape index (κ3) is 3.54. The van der Waals surface area contributed by atoms with Crippen molar-refractivity contribution < 1.29 is 24.2 Å². The summed E-state index contributed by atoms with van der Waals surface area (Å²) in [6.07, 6.45) is 0.396. The highest BCUT2D eigenvalue weighted by atomic mass is 35.5. The molecule has 3 aromatic rings. The number of carbonyl (C=O) groups excluding carboxylic acids is 1. The predicted octanol–water partition coefficient (Wildman–Crippen LogP) is 4.11. The van der Waals surface area contributed by atoms with Crippen molar-refractivity contribution in [3.05, 3.63) is 45.4 Å². The number of carbonyl (C=O) groups is 2. The summed E-state index contributed by atoms with van der Waals surface area (Å²) in [7, 11) is 3.08. The van der Waals surface area contributed by atoms with Crippen LogP contribution in [0.3, 0.4) is 0 Å². The van der Waals surface area contributed by atoms with Crippen molar-refractivity contribution in [2.24, 2.45) is 0 Å². The van der Waals surface area contributed by atoms with Gasteiger partial charge < -0.3 is 24.5 Å². The van der Waals surface area contributed by atoms with Gasteiger partial charge in [-0.1, -0.05) is 11.6 Å². The number of thiophene rings is 1. The molecule has 1 aliphatic rings. The summed E-state index contributed by atoms with van der Waals surface area (Å²) in [5, 5.41) is 9.49. The zero-order valence-electron chi connectivity index (χ0n) is 15.8. The summed E-state index contributed by atoms with van der Waals surface area (Å²) >= 11 is 7.40. The Hall–Kier alpha value is -2.71. The molecule has 0 saturated heterocycles. The first-order chi connectivity index (χ1) is 13.9. The quantitative estimate of drug-likeness (QED) is 0.630. The SMILES string of the molecule is COc1cc2c(cc1OC)C(CC(=O)O)N(C(=O)c1cc3sc(Cl)cc3[nH]1)CC2. The van der Waals surface area contributed by atoms with Crippen LogP contribution in [0.4, 0.5) is 0 Å². The zero-order chi connectivity index (χ0) is 20.7. The van der Waals surface area contributed by atoms with E-state index in [-0.39, 0.29) is 12.3 Å². The van der Waals surface area contributed by atoms with Crippen LogP contribution < -0.4 is 9.47 Å². The van der Waals surface area contributed by atoms with E-state index in [1.54, 1.807) is 30.2 Å². The molecule has 9 heteroatoms. The van der Waals surface area contributed by atoms with E-state index >= 15 is 0 Å². The molecule has 1 atom stereocenters. The molecule has 0 spiro atoms. The van der Waals surface area contributed by atoms with E-state index in [0.717, 1.165) is 21.3 Å². The number of rotatable bonds is 5. The van der Waals surface area contributed by atoms with Gasteiger partial charge in [0.1, 0.15) is 5.69 Å². The summed E-state index contributed by atoms with van der Waals surface area (Å²) in [5.41, 5.74) is 2.93. The first kappa shape index (κ1) is 19.6. The highest BCUT2D eigenvalue weighted by molar-refractivity contribution is 7.22. The average Bonchev–Trinajstić information content (AvgIpc) is 3.23. The molecule has 2 aromatic heterocycles. The predicted molar refractivity (Wildman–Crippen MR) is 110 cm³/mol. The van der Waals surface area contributed by atoms with Crippen LogP contribution >= 0.6 is 22.9 Å². The highest BCUT2D eigenvalue weighted by Crippen LogP contribution is 2.40. The van der Waals surface area contributed by atoms with Gasteiger partial charge in [-0.2, -0.15) is 0 Å². The number of carboxylic acids is 1. The monoisotopic (exact) mass is 434 g/mol. The maximum Gasteiger partial charge on any atom is 0.305 e. The van der Waals surface area contributed by atoms with Crippen LogP contribution in [-0.4, -0.2) is 47.6 Å². The number of hydrogen-bond acceptors (Lipinski definition) is 5. The number of nitrogens with one attached hydrogen (secondary N) is 1. The van der Waals surface area contributed by atoms with Gasteiger partial charge in [0, 0.05) is 6.54 Å². The Kier molecular flexibility index (Phi) is 5.14. The van der Waals surface area contributed by atoms with Gasteiger partial charge in [0.25, 0.3) is 5.91 Å². The number of amides is 1. The number of methoxy groups -OCH3 is 2. The van der Waals surface area contributed by atoms with E-state index in [9.17, 15) is 14.7 Å². The molecule has 0 bridgehead atoms. The van der Waals surface area contributed by atoms with Crippen LogP contribution in [-0.2, 0) is 11.2 Å². The Balaban J connectivity index is 1.73.